The minimum atomic E-state index is -0.941. The Labute approximate surface area is 235 Å². The van der Waals surface area contributed by atoms with Crippen molar-refractivity contribution in [3.63, 3.8) is 0 Å². The Morgan fingerprint density at radius 3 is 2.56 bits per heavy atom. The molecule has 1 atom stereocenters. The van der Waals surface area contributed by atoms with Gasteiger partial charge >= 0.3 is 6.09 Å². The summed E-state index contributed by atoms with van der Waals surface area (Å²) in [6.07, 6.45) is 4.01. The van der Waals surface area contributed by atoms with E-state index in [2.05, 4.69) is 31.0 Å². The Balaban J connectivity index is 1.56. The second-order valence-corrected chi connectivity index (χ2v) is 10.3. The molecule has 0 radical (unpaired) electrons. The van der Waals surface area contributed by atoms with Crippen molar-refractivity contribution in [2.24, 2.45) is 5.73 Å². The van der Waals surface area contributed by atoms with E-state index in [0.29, 0.717) is 26.3 Å². The van der Waals surface area contributed by atoms with Crippen LogP contribution < -0.4 is 26.6 Å². The fraction of sp³-hybridized carbons (Fsp3) is 0.423. The van der Waals surface area contributed by atoms with Gasteiger partial charge in [-0.3, -0.25) is 9.48 Å². The summed E-state index contributed by atoms with van der Waals surface area (Å²) in [4.78, 5) is 34.5. The molecule has 5 N–H and O–H groups in total. The number of nitrogens with two attached hydrogens (primary N) is 1. The van der Waals surface area contributed by atoms with Crippen LogP contribution in [0.2, 0.25) is 0 Å². The number of rotatable bonds is 10. The maximum atomic E-state index is 15.1. The van der Waals surface area contributed by atoms with E-state index >= 15 is 4.39 Å². The zero-order chi connectivity index (χ0) is 29.6. The van der Waals surface area contributed by atoms with E-state index in [-0.39, 0.29) is 41.8 Å². The highest BCUT2D eigenvalue weighted by atomic mass is 19.1. The van der Waals surface area contributed by atoms with Crippen LogP contribution in [-0.2, 0) is 16.0 Å². The lowest BCUT2D eigenvalue weighted by Gasteiger charge is -2.28. The molecule has 0 saturated carbocycles. The van der Waals surface area contributed by atoms with Crippen LogP contribution in [0.15, 0.2) is 36.8 Å². The molecule has 1 aliphatic heterocycles. The second-order valence-electron chi connectivity index (χ2n) is 10.3. The van der Waals surface area contributed by atoms with Gasteiger partial charge in [0.2, 0.25) is 0 Å². The van der Waals surface area contributed by atoms with Gasteiger partial charge in [0.15, 0.2) is 23.3 Å². The fourth-order valence-corrected chi connectivity index (χ4v) is 4.03. The minimum absolute atomic E-state index is 0.0222. The van der Waals surface area contributed by atoms with Gasteiger partial charge < -0.3 is 36.1 Å². The SMILES string of the molecule is CC(C)(C)OC(=O)NC[C@@H](Cn1cccn1)Nc1nc(Nc2cnc(N3CCOCC3)c(F)c2)c(C(N)=O)cc1F. The van der Waals surface area contributed by atoms with Gasteiger partial charge in [-0.2, -0.15) is 5.10 Å². The van der Waals surface area contributed by atoms with E-state index in [4.69, 9.17) is 15.2 Å². The number of nitrogens with zero attached hydrogens (tertiary/aromatic N) is 5. The molecule has 4 rings (SSSR count). The Hall–Kier alpha value is -4.53. The average Bonchev–Trinajstić information content (AvgIpc) is 3.41. The number of carbonyl (C=O) groups excluding carboxylic acids is 2. The minimum Gasteiger partial charge on any atom is -0.444 e. The highest BCUT2D eigenvalue weighted by Gasteiger charge is 2.22. The number of alkyl carbamates (subject to hydrolysis) is 1. The lowest BCUT2D eigenvalue weighted by atomic mass is 10.2. The van der Waals surface area contributed by atoms with Gasteiger partial charge in [-0.25, -0.2) is 23.5 Å². The van der Waals surface area contributed by atoms with Gasteiger partial charge in [-0.15, -0.1) is 0 Å². The monoisotopic (exact) mass is 573 g/mol. The number of hydrogen-bond acceptors (Lipinski definition) is 10. The van der Waals surface area contributed by atoms with Gasteiger partial charge in [0.05, 0.1) is 43.2 Å². The standard InChI is InChI=1S/C26H33F2N9O4/c1-26(2,3)41-25(39)31-14-17(15-37-6-4-5-32-37)34-23-19(27)12-18(21(29)38)22(35-23)33-16-11-20(28)24(30-13-16)36-7-9-40-10-8-36/h4-6,11-13,17H,7-10,14-15H2,1-3H3,(H2,29,38)(H,31,39)(H2,33,34,35)/t17-/m0/s1. The highest BCUT2D eigenvalue weighted by Crippen LogP contribution is 2.26. The van der Waals surface area contributed by atoms with Crippen LogP contribution in [-0.4, -0.2) is 76.2 Å². The Morgan fingerprint density at radius 1 is 1.17 bits per heavy atom. The van der Waals surface area contributed by atoms with Gasteiger partial charge in [-0.1, -0.05) is 0 Å². The summed E-state index contributed by atoms with van der Waals surface area (Å²) in [6.45, 7) is 7.38. The first kappa shape index (κ1) is 29.5. The zero-order valence-electron chi connectivity index (χ0n) is 23.0. The first-order chi connectivity index (χ1) is 19.5. The molecular weight excluding hydrogens is 540 g/mol. The molecule has 0 spiro atoms. The number of ether oxygens (including phenoxy) is 2. The number of carbonyl (C=O) groups is 2. The van der Waals surface area contributed by atoms with Crippen molar-refractivity contribution in [2.75, 3.05) is 48.4 Å². The first-order valence-electron chi connectivity index (χ1n) is 12.9. The Bertz CT molecular complexity index is 1360. The van der Waals surface area contributed by atoms with Crippen molar-refractivity contribution in [3.8, 4) is 0 Å². The van der Waals surface area contributed by atoms with Crippen molar-refractivity contribution >= 4 is 35.1 Å². The number of pyridine rings is 2. The topological polar surface area (TPSA) is 162 Å². The molecule has 2 amide bonds. The van der Waals surface area contributed by atoms with E-state index in [1.54, 1.807) is 48.8 Å². The van der Waals surface area contributed by atoms with Crippen LogP contribution in [0.1, 0.15) is 31.1 Å². The number of anilines is 4. The lowest BCUT2D eigenvalue weighted by molar-refractivity contribution is 0.0524. The molecule has 3 aromatic heterocycles. The summed E-state index contributed by atoms with van der Waals surface area (Å²) in [7, 11) is 0. The summed E-state index contributed by atoms with van der Waals surface area (Å²) >= 11 is 0. The molecule has 0 aromatic carbocycles. The normalized spacial score (nSPS) is 14.3. The van der Waals surface area contributed by atoms with Crippen molar-refractivity contribution in [2.45, 2.75) is 39.0 Å². The largest absolute Gasteiger partial charge is 0.444 e. The second kappa shape index (κ2) is 12.8. The van der Waals surface area contributed by atoms with E-state index in [1.807, 2.05) is 0 Å². The Morgan fingerprint density at radius 2 is 1.93 bits per heavy atom. The number of nitrogens with one attached hydrogen (secondary N) is 3. The Kier molecular flexibility index (Phi) is 9.17. The van der Waals surface area contributed by atoms with Crippen molar-refractivity contribution in [1.29, 1.82) is 0 Å². The van der Waals surface area contributed by atoms with Crippen molar-refractivity contribution < 1.29 is 27.8 Å². The first-order valence-corrected chi connectivity index (χ1v) is 12.9. The number of morpholine rings is 1. The van der Waals surface area contributed by atoms with Crippen LogP contribution in [0.4, 0.5) is 36.7 Å². The molecule has 1 fully saturated rings. The molecule has 0 bridgehead atoms. The summed E-state index contributed by atoms with van der Waals surface area (Å²) in [5, 5.41) is 12.6. The third-order valence-electron chi connectivity index (χ3n) is 5.84. The van der Waals surface area contributed by atoms with E-state index < -0.39 is 35.3 Å². The number of aromatic nitrogens is 4. The number of hydrogen-bond donors (Lipinski definition) is 4. The summed E-state index contributed by atoms with van der Waals surface area (Å²) in [5.41, 5.74) is 4.69. The summed E-state index contributed by atoms with van der Waals surface area (Å²) in [6, 6.07) is 3.24. The molecule has 4 heterocycles. The van der Waals surface area contributed by atoms with Crippen LogP contribution >= 0.6 is 0 Å². The van der Waals surface area contributed by atoms with Gasteiger partial charge in [0.1, 0.15) is 11.4 Å². The van der Waals surface area contributed by atoms with Crippen LogP contribution in [0, 0.1) is 11.6 Å². The zero-order valence-corrected chi connectivity index (χ0v) is 23.0. The molecule has 13 nitrogen and oxygen atoms in total. The fourth-order valence-electron chi connectivity index (χ4n) is 4.03. The lowest BCUT2D eigenvalue weighted by Crippen LogP contribution is -2.41. The quantitative estimate of drug-likeness (QED) is 0.284. The van der Waals surface area contributed by atoms with E-state index in [0.717, 1.165) is 6.07 Å². The molecule has 0 aliphatic carbocycles. The number of amides is 2. The number of halogens is 2. The van der Waals surface area contributed by atoms with E-state index in [1.165, 1.54) is 12.3 Å². The molecule has 1 saturated heterocycles. The third-order valence-corrected chi connectivity index (χ3v) is 5.84. The highest BCUT2D eigenvalue weighted by molar-refractivity contribution is 5.98. The molecular formula is C26H33F2N9O4. The summed E-state index contributed by atoms with van der Waals surface area (Å²) in [5.74, 6) is -2.57. The number of primary amides is 1. The third kappa shape index (κ3) is 8.23. The van der Waals surface area contributed by atoms with Crippen molar-refractivity contribution in [3.05, 3.63) is 54.0 Å². The maximum Gasteiger partial charge on any atom is 0.407 e. The van der Waals surface area contributed by atoms with Crippen LogP contribution in [0.25, 0.3) is 0 Å². The van der Waals surface area contributed by atoms with Gasteiger partial charge in [0.25, 0.3) is 5.91 Å². The molecule has 1 aliphatic rings. The predicted octanol–water partition coefficient (Wildman–Crippen LogP) is 2.64. The molecule has 15 heteroatoms. The van der Waals surface area contributed by atoms with Crippen molar-refractivity contribution in [1.82, 2.24) is 25.1 Å². The summed E-state index contributed by atoms with van der Waals surface area (Å²) < 4.78 is 42.2. The van der Waals surface area contributed by atoms with Gasteiger partial charge in [-0.05, 0) is 32.9 Å². The molecule has 3 aromatic rings. The van der Waals surface area contributed by atoms with Crippen LogP contribution in [0.5, 0.6) is 0 Å². The molecule has 0 unspecified atom stereocenters. The predicted molar refractivity (Wildman–Crippen MR) is 147 cm³/mol. The van der Waals surface area contributed by atoms with Gasteiger partial charge in [0, 0.05) is 38.1 Å². The van der Waals surface area contributed by atoms with Crippen LogP contribution in [0.3, 0.4) is 0 Å². The average molecular weight is 574 g/mol. The maximum absolute atomic E-state index is 15.1. The molecule has 41 heavy (non-hydrogen) atoms. The van der Waals surface area contributed by atoms with E-state index in [9.17, 15) is 14.0 Å². The smallest absolute Gasteiger partial charge is 0.407 e. The molecule has 220 valence electrons.